The molecule has 0 aliphatic carbocycles. The van der Waals surface area contributed by atoms with Gasteiger partial charge < -0.3 is 15.5 Å². The van der Waals surface area contributed by atoms with Gasteiger partial charge in [0.05, 0.1) is 5.56 Å². The maximum atomic E-state index is 12.8. The van der Waals surface area contributed by atoms with Crippen molar-refractivity contribution in [1.29, 1.82) is 0 Å². The minimum atomic E-state index is 0.0430. The summed E-state index contributed by atoms with van der Waals surface area (Å²) in [6.45, 7) is 11.5. The number of benzene rings is 1. The summed E-state index contributed by atoms with van der Waals surface area (Å²) in [5, 5.41) is 0. The Hall–Kier alpha value is -2.56. The molecule has 1 aromatic heterocycles. The van der Waals surface area contributed by atoms with Gasteiger partial charge in [0.15, 0.2) is 0 Å². The fourth-order valence-corrected chi connectivity index (χ4v) is 3.41. The van der Waals surface area contributed by atoms with Gasteiger partial charge in [0.25, 0.3) is 5.91 Å². The third-order valence-corrected chi connectivity index (χ3v) is 5.08. The molecule has 2 N–H and O–H groups in total. The Morgan fingerprint density at radius 3 is 2.20 bits per heavy atom. The minimum Gasteiger partial charge on any atom is -0.384 e. The quantitative estimate of drug-likeness (QED) is 0.914. The molecule has 25 heavy (non-hydrogen) atoms. The summed E-state index contributed by atoms with van der Waals surface area (Å²) in [6.07, 6.45) is 1.59. The first-order valence-electron chi connectivity index (χ1n) is 8.71. The second-order valence-electron chi connectivity index (χ2n) is 6.93. The van der Waals surface area contributed by atoms with Crippen molar-refractivity contribution >= 4 is 17.4 Å². The van der Waals surface area contributed by atoms with Crippen molar-refractivity contribution < 1.29 is 4.79 Å². The number of nitrogens with zero attached hydrogens (tertiary/aromatic N) is 3. The highest BCUT2D eigenvalue weighted by Crippen LogP contribution is 2.25. The molecule has 3 rings (SSSR count). The largest absolute Gasteiger partial charge is 0.384 e. The first kappa shape index (κ1) is 17.3. The summed E-state index contributed by atoms with van der Waals surface area (Å²) in [5.74, 6) is 0.491. The van der Waals surface area contributed by atoms with Crippen molar-refractivity contribution in [2.45, 2.75) is 27.7 Å². The minimum absolute atomic E-state index is 0.0430. The molecule has 1 fully saturated rings. The van der Waals surface area contributed by atoms with E-state index in [1.54, 1.807) is 12.3 Å². The average Bonchev–Trinajstić information content (AvgIpc) is 2.58. The Morgan fingerprint density at radius 1 is 0.920 bits per heavy atom. The van der Waals surface area contributed by atoms with Gasteiger partial charge in [-0.15, -0.1) is 0 Å². The van der Waals surface area contributed by atoms with E-state index in [1.165, 1.54) is 22.4 Å². The van der Waals surface area contributed by atoms with Crippen LogP contribution in [0.3, 0.4) is 0 Å². The highest BCUT2D eigenvalue weighted by Gasteiger charge is 2.24. The fourth-order valence-electron chi connectivity index (χ4n) is 3.41. The van der Waals surface area contributed by atoms with Crippen LogP contribution >= 0.6 is 0 Å². The molecule has 0 radical (unpaired) electrons. The molecule has 0 bridgehead atoms. The van der Waals surface area contributed by atoms with Crippen LogP contribution in [0.2, 0.25) is 0 Å². The predicted molar refractivity (Wildman–Crippen MR) is 102 cm³/mol. The maximum Gasteiger partial charge on any atom is 0.255 e. The first-order chi connectivity index (χ1) is 11.9. The molecule has 0 saturated carbocycles. The number of pyridine rings is 1. The van der Waals surface area contributed by atoms with Gasteiger partial charge in [-0.05, 0) is 62.1 Å². The van der Waals surface area contributed by atoms with Crippen LogP contribution in [0.25, 0.3) is 0 Å². The Bertz CT molecular complexity index is 808. The Kier molecular flexibility index (Phi) is 4.66. The van der Waals surface area contributed by atoms with Crippen LogP contribution in [-0.2, 0) is 0 Å². The number of nitrogens with two attached hydrogens (primary N) is 1. The zero-order chi connectivity index (χ0) is 18.1. The molecule has 2 heterocycles. The topological polar surface area (TPSA) is 62.5 Å². The molecule has 1 aromatic carbocycles. The van der Waals surface area contributed by atoms with E-state index in [2.05, 4.69) is 42.8 Å². The summed E-state index contributed by atoms with van der Waals surface area (Å²) >= 11 is 0. The average molecular weight is 338 g/mol. The molecule has 1 saturated heterocycles. The van der Waals surface area contributed by atoms with Crippen LogP contribution in [0.15, 0.2) is 24.4 Å². The first-order valence-corrected chi connectivity index (χ1v) is 8.71. The normalized spacial score (nSPS) is 14.7. The molecule has 0 unspecified atom stereocenters. The van der Waals surface area contributed by atoms with Crippen molar-refractivity contribution in [3.8, 4) is 0 Å². The predicted octanol–water partition coefficient (Wildman–Crippen LogP) is 2.86. The zero-order valence-electron chi connectivity index (χ0n) is 15.5. The lowest BCUT2D eigenvalue weighted by Gasteiger charge is -2.37. The lowest BCUT2D eigenvalue weighted by molar-refractivity contribution is 0.0745. The number of carbonyl (C=O) groups excluding carboxylic acids is 1. The van der Waals surface area contributed by atoms with E-state index in [9.17, 15) is 4.79 Å². The molecular weight excluding hydrogens is 312 g/mol. The summed E-state index contributed by atoms with van der Waals surface area (Å²) in [6, 6.07) is 6.25. The van der Waals surface area contributed by atoms with E-state index >= 15 is 0 Å². The van der Waals surface area contributed by atoms with E-state index in [4.69, 9.17) is 5.73 Å². The van der Waals surface area contributed by atoms with Gasteiger partial charge in [-0.3, -0.25) is 4.79 Å². The molecule has 1 amide bonds. The lowest BCUT2D eigenvalue weighted by atomic mass is 10.0. The van der Waals surface area contributed by atoms with Gasteiger partial charge in [0.2, 0.25) is 0 Å². The van der Waals surface area contributed by atoms with Crippen molar-refractivity contribution in [1.82, 2.24) is 9.88 Å². The highest BCUT2D eigenvalue weighted by molar-refractivity contribution is 5.95. The van der Waals surface area contributed by atoms with Crippen LogP contribution in [0.1, 0.15) is 32.6 Å². The fraction of sp³-hybridized carbons (Fsp3) is 0.400. The standard InChI is InChI=1S/C20H26N4O/c1-13-9-16(4)18(10-14(13)2)23-5-7-24(8-6-23)20(25)17-12-22-19(21)11-15(17)3/h9-12H,5-8H2,1-4H3,(H2,21,22). The summed E-state index contributed by atoms with van der Waals surface area (Å²) in [7, 11) is 0. The number of piperazine rings is 1. The Labute approximate surface area is 149 Å². The van der Waals surface area contributed by atoms with Crippen molar-refractivity contribution in [3.63, 3.8) is 0 Å². The number of hydrogen-bond donors (Lipinski definition) is 1. The smallest absolute Gasteiger partial charge is 0.255 e. The van der Waals surface area contributed by atoms with Crippen molar-refractivity contribution in [3.05, 3.63) is 52.2 Å². The molecule has 5 nitrogen and oxygen atoms in total. The second kappa shape index (κ2) is 6.75. The van der Waals surface area contributed by atoms with E-state index in [0.717, 1.165) is 31.7 Å². The summed E-state index contributed by atoms with van der Waals surface area (Å²) in [5.41, 5.74) is 12.4. The van der Waals surface area contributed by atoms with Gasteiger partial charge in [-0.1, -0.05) is 6.07 Å². The van der Waals surface area contributed by atoms with Gasteiger partial charge >= 0.3 is 0 Å². The van der Waals surface area contributed by atoms with E-state index < -0.39 is 0 Å². The van der Waals surface area contributed by atoms with Crippen molar-refractivity contribution in [2.24, 2.45) is 0 Å². The number of amides is 1. The number of nitrogen functional groups attached to an aromatic ring is 1. The Morgan fingerprint density at radius 2 is 1.56 bits per heavy atom. The Balaban J connectivity index is 1.71. The molecule has 132 valence electrons. The van der Waals surface area contributed by atoms with E-state index in [1.807, 2.05) is 11.8 Å². The summed E-state index contributed by atoms with van der Waals surface area (Å²) < 4.78 is 0. The monoisotopic (exact) mass is 338 g/mol. The number of aryl methyl sites for hydroxylation is 4. The van der Waals surface area contributed by atoms with E-state index in [0.29, 0.717) is 11.4 Å². The molecular formula is C20H26N4O. The SMILES string of the molecule is Cc1cc(C)c(N2CCN(C(=O)c3cnc(N)cc3C)CC2)cc1C. The van der Waals surface area contributed by atoms with Gasteiger partial charge in [0.1, 0.15) is 5.82 Å². The molecule has 2 aromatic rings. The lowest BCUT2D eigenvalue weighted by Crippen LogP contribution is -2.49. The van der Waals surface area contributed by atoms with Gasteiger partial charge in [0, 0.05) is 38.1 Å². The molecule has 0 spiro atoms. The van der Waals surface area contributed by atoms with Crippen LogP contribution in [0.4, 0.5) is 11.5 Å². The zero-order valence-corrected chi connectivity index (χ0v) is 15.5. The second-order valence-corrected chi connectivity index (χ2v) is 6.93. The third-order valence-electron chi connectivity index (χ3n) is 5.08. The van der Waals surface area contributed by atoms with Crippen molar-refractivity contribution in [2.75, 3.05) is 36.8 Å². The highest BCUT2D eigenvalue weighted by atomic mass is 16.2. The van der Waals surface area contributed by atoms with Crippen LogP contribution in [0, 0.1) is 27.7 Å². The number of carbonyl (C=O) groups is 1. The number of anilines is 2. The van der Waals surface area contributed by atoms with Gasteiger partial charge in [-0.25, -0.2) is 4.98 Å². The number of rotatable bonds is 2. The number of aromatic nitrogens is 1. The van der Waals surface area contributed by atoms with Crippen LogP contribution in [-0.4, -0.2) is 42.0 Å². The van der Waals surface area contributed by atoms with E-state index in [-0.39, 0.29) is 5.91 Å². The molecule has 1 aliphatic rings. The molecule has 1 aliphatic heterocycles. The summed E-state index contributed by atoms with van der Waals surface area (Å²) in [4.78, 5) is 21.1. The van der Waals surface area contributed by atoms with Crippen LogP contribution in [0.5, 0.6) is 0 Å². The van der Waals surface area contributed by atoms with Crippen LogP contribution < -0.4 is 10.6 Å². The third kappa shape index (κ3) is 3.45. The molecule has 5 heteroatoms. The van der Waals surface area contributed by atoms with Gasteiger partial charge in [-0.2, -0.15) is 0 Å². The molecule has 0 atom stereocenters. The maximum absolute atomic E-state index is 12.8. The number of hydrogen-bond acceptors (Lipinski definition) is 4.